The van der Waals surface area contributed by atoms with Crippen LogP contribution in [0.25, 0.3) is 0 Å². The van der Waals surface area contributed by atoms with Crippen LogP contribution in [0.2, 0.25) is 0 Å². The van der Waals surface area contributed by atoms with E-state index >= 15 is 0 Å². The highest BCUT2D eigenvalue weighted by Crippen LogP contribution is 2.38. The fourth-order valence-electron chi connectivity index (χ4n) is 6.23. The zero-order valence-electron chi connectivity index (χ0n) is 39.1. The predicted octanol–water partition coefficient (Wildman–Crippen LogP) is 13.4. The maximum atomic E-state index is 12.7. The van der Waals surface area contributed by atoms with Crippen LogP contribution in [0.1, 0.15) is 194 Å². The maximum Gasteiger partial charge on any atom is 0.306 e. The average molecular weight is 864 g/mol. The van der Waals surface area contributed by atoms with Gasteiger partial charge in [-0.05, 0) is 77.0 Å². The van der Waals surface area contributed by atoms with Crippen LogP contribution in [-0.2, 0) is 32.7 Å². The molecule has 0 aromatic carbocycles. The summed E-state index contributed by atoms with van der Waals surface area (Å²) in [5.41, 5.74) is 0. The van der Waals surface area contributed by atoms with Gasteiger partial charge in [0.25, 0.3) is 7.82 Å². The van der Waals surface area contributed by atoms with Gasteiger partial charge in [0, 0.05) is 12.8 Å². The molecular formula is C50H90NO8P. The van der Waals surface area contributed by atoms with Crippen LogP contribution in [-0.4, -0.2) is 70.0 Å². The number of quaternary nitrogens is 1. The summed E-state index contributed by atoms with van der Waals surface area (Å²) in [6, 6.07) is 0. The Labute approximate surface area is 368 Å². The number of esters is 2. The van der Waals surface area contributed by atoms with Crippen LogP contribution in [0.15, 0.2) is 60.8 Å². The molecule has 9 nitrogen and oxygen atoms in total. The molecule has 348 valence electrons. The molecule has 0 aliphatic rings. The highest BCUT2D eigenvalue weighted by Gasteiger charge is 2.21. The second kappa shape index (κ2) is 42.0. The average Bonchev–Trinajstić information content (AvgIpc) is 3.20. The van der Waals surface area contributed by atoms with Crippen molar-refractivity contribution in [2.45, 2.75) is 200 Å². The topological polar surface area (TPSA) is 111 Å². The summed E-state index contributed by atoms with van der Waals surface area (Å²) in [6.07, 6.45) is 51.1. The number of unbranched alkanes of at least 4 members (excludes halogenated alkanes) is 19. The van der Waals surface area contributed by atoms with Gasteiger partial charge in [-0.2, -0.15) is 0 Å². The number of nitrogens with zero attached hydrogens (tertiary/aromatic N) is 1. The molecule has 0 aliphatic heterocycles. The van der Waals surface area contributed by atoms with Crippen molar-refractivity contribution in [3.05, 3.63) is 60.8 Å². The molecule has 2 atom stereocenters. The number of hydrogen-bond donors (Lipinski definition) is 0. The molecule has 0 amide bonds. The first-order valence-corrected chi connectivity index (χ1v) is 25.5. The third-order valence-corrected chi connectivity index (χ3v) is 11.0. The van der Waals surface area contributed by atoms with Gasteiger partial charge in [0.15, 0.2) is 6.10 Å². The number of carbonyl (C=O) groups is 2. The van der Waals surface area contributed by atoms with E-state index in [1.54, 1.807) is 0 Å². The summed E-state index contributed by atoms with van der Waals surface area (Å²) < 4.78 is 33.9. The van der Waals surface area contributed by atoms with Crippen LogP contribution in [0.4, 0.5) is 0 Å². The van der Waals surface area contributed by atoms with Crippen LogP contribution < -0.4 is 4.89 Å². The molecule has 0 spiro atoms. The van der Waals surface area contributed by atoms with Gasteiger partial charge in [-0.3, -0.25) is 14.2 Å². The van der Waals surface area contributed by atoms with Gasteiger partial charge in [0.2, 0.25) is 0 Å². The SMILES string of the molecule is CCCCC/C=C/C/C=C/C/C=C/C/C=C/CCCC(=O)OC[C@H](COP(=O)([O-])OCC[N+](C)(C)C)OC(=O)CCCCCCCCCCC/C=C/CCCCCCCC. The van der Waals surface area contributed by atoms with Gasteiger partial charge in [0.1, 0.15) is 19.8 Å². The lowest BCUT2D eigenvalue weighted by Crippen LogP contribution is -2.37. The summed E-state index contributed by atoms with van der Waals surface area (Å²) in [4.78, 5) is 37.6. The van der Waals surface area contributed by atoms with Crippen LogP contribution >= 0.6 is 7.82 Å². The third-order valence-electron chi connectivity index (χ3n) is 10.0. The van der Waals surface area contributed by atoms with E-state index in [0.717, 1.165) is 44.9 Å². The highest BCUT2D eigenvalue weighted by molar-refractivity contribution is 7.45. The van der Waals surface area contributed by atoms with Crippen LogP contribution in [0.3, 0.4) is 0 Å². The largest absolute Gasteiger partial charge is 0.756 e. The van der Waals surface area contributed by atoms with E-state index in [0.29, 0.717) is 23.9 Å². The maximum absolute atomic E-state index is 12.7. The standard InChI is InChI=1S/C50H90NO8P/c1-6-8-10-12-14-16-18-20-22-24-25-27-29-31-33-35-37-39-41-43-50(53)59-48(47-58-60(54,55)57-45-44-51(3,4)5)46-56-49(52)42-40-38-36-34-32-30-28-26-23-21-19-17-15-13-11-9-7-2/h15,17,20-23,28,30,34,36,48H,6-14,16,18-19,24-27,29,31-33,35,37-47H2,1-5H3/b17-15+,22-20+,23-21+,30-28+,36-34+/t48-/m1/s1. The van der Waals surface area contributed by atoms with Gasteiger partial charge in [0.05, 0.1) is 27.7 Å². The third kappa shape index (κ3) is 45.2. The number of ether oxygens (including phenoxy) is 2. The van der Waals surface area contributed by atoms with Crippen molar-refractivity contribution in [1.29, 1.82) is 0 Å². The molecule has 0 aromatic heterocycles. The van der Waals surface area contributed by atoms with Crippen molar-refractivity contribution in [1.82, 2.24) is 0 Å². The molecule has 1 unspecified atom stereocenters. The first kappa shape index (κ1) is 57.7. The molecule has 0 aromatic rings. The van der Waals surface area contributed by atoms with E-state index in [1.807, 2.05) is 21.1 Å². The normalized spacial score (nSPS) is 14.0. The lowest BCUT2D eigenvalue weighted by Gasteiger charge is -2.28. The van der Waals surface area contributed by atoms with E-state index in [-0.39, 0.29) is 26.1 Å². The number of allylic oxidation sites excluding steroid dienone is 10. The summed E-state index contributed by atoms with van der Waals surface area (Å²) in [7, 11) is 1.13. The fourth-order valence-corrected chi connectivity index (χ4v) is 6.96. The lowest BCUT2D eigenvalue weighted by molar-refractivity contribution is -0.870. The van der Waals surface area contributed by atoms with Crippen molar-refractivity contribution in [3.8, 4) is 0 Å². The summed E-state index contributed by atoms with van der Waals surface area (Å²) in [5.74, 6) is -0.903. The van der Waals surface area contributed by atoms with E-state index in [2.05, 4.69) is 74.6 Å². The highest BCUT2D eigenvalue weighted by atomic mass is 31.2. The lowest BCUT2D eigenvalue weighted by atomic mass is 10.1. The Morgan fingerprint density at radius 3 is 1.43 bits per heavy atom. The summed E-state index contributed by atoms with van der Waals surface area (Å²) >= 11 is 0. The minimum Gasteiger partial charge on any atom is -0.756 e. The monoisotopic (exact) mass is 864 g/mol. The second-order valence-corrected chi connectivity index (χ2v) is 18.5. The molecule has 0 saturated heterocycles. The fraction of sp³-hybridized carbons (Fsp3) is 0.760. The van der Waals surface area contributed by atoms with E-state index < -0.39 is 32.5 Å². The first-order chi connectivity index (χ1) is 29.0. The Balaban J connectivity index is 4.39. The molecule has 10 heteroatoms. The van der Waals surface area contributed by atoms with Gasteiger partial charge in [-0.25, -0.2) is 0 Å². The van der Waals surface area contributed by atoms with E-state index in [4.69, 9.17) is 18.5 Å². The Kier molecular flexibility index (Phi) is 40.4. The molecule has 0 heterocycles. The molecule has 0 aliphatic carbocycles. The minimum absolute atomic E-state index is 0.0415. The van der Waals surface area contributed by atoms with Crippen molar-refractivity contribution < 1.29 is 42.1 Å². The zero-order chi connectivity index (χ0) is 44.3. The molecule has 0 saturated carbocycles. The van der Waals surface area contributed by atoms with E-state index in [9.17, 15) is 19.0 Å². The smallest absolute Gasteiger partial charge is 0.306 e. The van der Waals surface area contributed by atoms with Crippen molar-refractivity contribution in [2.75, 3.05) is 47.5 Å². The number of phosphoric ester groups is 1. The molecule has 60 heavy (non-hydrogen) atoms. The molecule has 0 bridgehead atoms. The van der Waals surface area contributed by atoms with Gasteiger partial charge in [-0.1, -0.05) is 164 Å². The Morgan fingerprint density at radius 1 is 0.517 bits per heavy atom. The predicted molar refractivity (Wildman–Crippen MR) is 250 cm³/mol. The van der Waals surface area contributed by atoms with Crippen molar-refractivity contribution in [2.24, 2.45) is 0 Å². The Bertz CT molecular complexity index is 1210. The minimum atomic E-state index is -4.64. The number of phosphoric acid groups is 1. The molecule has 0 fully saturated rings. The molecule has 0 radical (unpaired) electrons. The Morgan fingerprint density at radius 2 is 0.917 bits per heavy atom. The van der Waals surface area contributed by atoms with Crippen molar-refractivity contribution in [3.63, 3.8) is 0 Å². The molecule has 0 N–H and O–H groups in total. The van der Waals surface area contributed by atoms with Crippen molar-refractivity contribution >= 4 is 19.8 Å². The quantitative estimate of drug-likeness (QED) is 0.0196. The van der Waals surface area contributed by atoms with Gasteiger partial charge >= 0.3 is 11.9 Å². The van der Waals surface area contributed by atoms with E-state index in [1.165, 1.54) is 109 Å². The Hall–Kier alpha value is -2.29. The summed E-state index contributed by atoms with van der Waals surface area (Å²) in [5, 5.41) is 0. The van der Waals surface area contributed by atoms with Gasteiger partial charge < -0.3 is 27.9 Å². The number of likely N-dealkylation sites (N-methyl/N-ethyl adjacent to an activating group) is 1. The second-order valence-electron chi connectivity index (χ2n) is 17.1. The van der Waals surface area contributed by atoms with Crippen LogP contribution in [0, 0.1) is 0 Å². The molecular weight excluding hydrogens is 774 g/mol. The number of rotatable bonds is 43. The molecule has 0 rings (SSSR count). The number of carbonyl (C=O) groups excluding carboxylic acids is 2. The van der Waals surface area contributed by atoms with Crippen LogP contribution in [0.5, 0.6) is 0 Å². The summed E-state index contributed by atoms with van der Waals surface area (Å²) in [6.45, 7) is 4.13. The number of hydrogen-bond acceptors (Lipinski definition) is 8. The zero-order valence-corrected chi connectivity index (χ0v) is 40.0. The first-order valence-electron chi connectivity index (χ1n) is 24.0. The van der Waals surface area contributed by atoms with Gasteiger partial charge in [-0.15, -0.1) is 0 Å².